The Morgan fingerprint density at radius 3 is 1.92 bits per heavy atom. The second-order valence-electron chi connectivity index (χ2n) is 2.19. The number of amides is 2. The lowest BCUT2D eigenvalue weighted by atomic mass is 10.2. The second kappa shape index (κ2) is 4.20. The van der Waals surface area contributed by atoms with Gasteiger partial charge in [0.05, 0.1) is 0 Å². The molecule has 70 valence electrons. The molecule has 2 bridgehead atoms. The van der Waals surface area contributed by atoms with Crippen molar-refractivity contribution in [2.45, 2.75) is 0 Å². The number of imide groups is 1. The number of hydrogen-bond donors (Lipinski definition) is 1. The van der Waals surface area contributed by atoms with E-state index in [0.717, 1.165) is 0 Å². The molecular formula is C7H6Cl2N2O2. The zero-order valence-corrected chi connectivity index (χ0v) is 7.95. The average Bonchev–Trinajstić information content (AvgIpc) is 2.02. The number of hydrogen-bond acceptors (Lipinski definition) is 3. The van der Waals surface area contributed by atoms with Crippen LogP contribution in [-0.4, -0.2) is 16.8 Å². The Balaban J connectivity index is 0.000000720. The van der Waals surface area contributed by atoms with Crippen molar-refractivity contribution in [2.75, 3.05) is 0 Å². The summed E-state index contributed by atoms with van der Waals surface area (Å²) in [4.78, 5) is 25.5. The van der Waals surface area contributed by atoms with E-state index in [1.54, 1.807) is 18.2 Å². The molecule has 0 fully saturated rings. The summed E-state index contributed by atoms with van der Waals surface area (Å²) >= 11 is 0. The normalized spacial score (nSPS) is 12.3. The predicted molar refractivity (Wildman–Crippen MR) is 50.5 cm³/mol. The maximum Gasteiger partial charge on any atom is 0.276 e. The molecule has 6 heteroatoms. The van der Waals surface area contributed by atoms with E-state index in [1.807, 2.05) is 0 Å². The molecule has 0 aliphatic carbocycles. The minimum Gasteiger partial charge on any atom is -0.285 e. The van der Waals surface area contributed by atoms with Gasteiger partial charge in [-0.15, -0.1) is 24.8 Å². The number of pyridine rings is 1. The first-order chi connectivity index (χ1) is 5.27. The molecule has 1 aromatic rings. The molecule has 0 unspecified atom stereocenters. The van der Waals surface area contributed by atoms with Crippen molar-refractivity contribution >= 4 is 36.6 Å². The number of carbonyl (C=O) groups is 2. The van der Waals surface area contributed by atoms with Crippen LogP contribution in [0.4, 0.5) is 0 Å². The lowest BCUT2D eigenvalue weighted by Crippen LogP contribution is -2.36. The van der Waals surface area contributed by atoms with Crippen LogP contribution in [0.2, 0.25) is 0 Å². The molecule has 0 saturated heterocycles. The molecule has 0 atom stereocenters. The molecule has 1 aliphatic heterocycles. The first-order valence-electron chi connectivity index (χ1n) is 3.10. The summed E-state index contributed by atoms with van der Waals surface area (Å²) in [5.74, 6) is -0.855. The number of fused-ring (bicyclic) bond motifs is 2. The van der Waals surface area contributed by atoms with Crippen molar-refractivity contribution < 1.29 is 9.59 Å². The van der Waals surface area contributed by atoms with Crippen LogP contribution in [-0.2, 0) is 0 Å². The van der Waals surface area contributed by atoms with E-state index in [2.05, 4.69) is 10.3 Å². The van der Waals surface area contributed by atoms with Gasteiger partial charge in [0, 0.05) is 0 Å². The number of rotatable bonds is 0. The smallest absolute Gasteiger partial charge is 0.276 e. The van der Waals surface area contributed by atoms with E-state index in [9.17, 15) is 9.59 Å². The number of aromatic nitrogens is 1. The van der Waals surface area contributed by atoms with Crippen molar-refractivity contribution in [1.29, 1.82) is 0 Å². The summed E-state index contributed by atoms with van der Waals surface area (Å²) in [6, 6.07) is 4.75. The summed E-state index contributed by atoms with van der Waals surface area (Å²) in [6.45, 7) is 0. The Morgan fingerprint density at radius 2 is 1.46 bits per heavy atom. The van der Waals surface area contributed by atoms with Crippen molar-refractivity contribution in [3.05, 3.63) is 29.6 Å². The molecule has 1 N–H and O–H groups in total. The third-order valence-electron chi connectivity index (χ3n) is 1.44. The first-order valence-corrected chi connectivity index (χ1v) is 3.10. The topological polar surface area (TPSA) is 59.1 Å². The van der Waals surface area contributed by atoms with E-state index < -0.39 is 11.8 Å². The third kappa shape index (κ3) is 1.96. The highest BCUT2D eigenvalue weighted by atomic mass is 35.5. The third-order valence-corrected chi connectivity index (χ3v) is 1.44. The zero-order valence-electron chi connectivity index (χ0n) is 6.31. The van der Waals surface area contributed by atoms with Gasteiger partial charge in [-0.25, -0.2) is 4.98 Å². The zero-order chi connectivity index (χ0) is 7.84. The quantitative estimate of drug-likeness (QED) is 0.659. The van der Waals surface area contributed by atoms with Crippen LogP contribution in [0.3, 0.4) is 0 Å². The van der Waals surface area contributed by atoms with Gasteiger partial charge in [0.25, 0.3) is 11.8 Å². The van der Waals surface area contributed by atoms with Crippen LogP contribution in [0.25, 0.3) is 0 Å². The van der Waals surface area contributed by atoms with Gasteiger partial charge in [0.2, 0.25) is 0 Å². The van der Waals surface area contributed by atoms with Gasteiger partial charge in [-0.05, 0) is 12.1 Å². The predicted octanol–water partition coefficient (Wildman–Crippen LogP) is 0.809. The molecule has 13 heavy (non-hydrogen) atoms. The summed E-state index contributed by atoms with van der Waals surface area (Å²) in [5.41, 5.74) is 0.587. The Kier molecular flexibility index (Phi) is 3.84. The van der Waals surface area contributed by atoms with Crippen LogP contribution >= 0.6 is 24.8 Å². The Bertz CT molecular complexity index is 325. The maximum atomic E-state index is 10.9. The highest BCUT2D eigenvalue weighted by molar-refractivity contribution is 6.11. The summed E-state index contributed by atoms with van der Waals surface area (Å²) in [7, 11) is 0. The van der Waals surface area contributed by atoms with Crippen molar-refractivity contribution in [1.82, 2.24) is 10.3 Å². The van der Waals surface area contributed by atoms with E-state index in [0.29, 0.717) is 11.4 Å². The minimum absolute atomic E-state index is 0. The molecule has 2 heterocycles. The fraction of sp³-hybridized carbons (Fsp3) is 0. The van der Waals surface area contributed by atoms with Crippen molar-refractivity contribution in [2.24, 2.45) is 0 Å². The number of carbonyl (C=O) groups excluding carboxylic acids is 2. The number of nitrogens with one attached hydrogen (secondary N) is 1. The molecule has 0 aromatic carbocycles. The molecule has 0 radical (unpaired) electrons. The minimum atomic E-state index is -0.428. The lowest BCUT2D eigenvalue weighted by molar-refractivity contribution is 0.0829. The molecule has 1 aromatic heterocycles. The van der Waals surface area contributed by atoms with Gasteiger partial charge in [-0.2, -0.15) is 0 Å². The molecule has 4 nitrogen and oxygen atoms in total. The summed E-state index contributed by atoms with van der Waals surface area (Å²) in [5, 5.41) is 2.15. The Labute approximate surface area is 86.6 Å². The van der Waals surface area contributed by atoms with Crippen LogP contribution in [0, 0.1) is 0 Å². The van der Waals surface area contributed by atoms with E-state index in [1.165, 1.54) is 0 Å². The molecule has 0 saturated carbocycles. The molecular weight excluding hydrogens is 215 g/mol. The van der Waals surface area contributed by atoms with E-state index >= 15 is 0 Å². The first kappa shape index (κ1) is 11.9. The maximum absolute atomic E-state index is 10.9. The summed E-state index contributed by atoms with van der Waals surface area (Å²) in [6.07, 6.45) is 0. The van der Waals surface area contributed by atoms with Gasteiger partial charge >= 0.3 is 0 Å². The van der Waals surface area contributed by atoms with Crippen molar-refractivity contribution in [3.8, 4) is 0 Å². The SMILES string of the molecule is Cl.Cl.O=C1NC(=O)c2cccc1n2. The van der Waals surface area contributed by atoms with Gasteiger partial charge in [0.1, 0.15) is 11.4 Å². The lowest BCUT2D eigenvalue weighted by Gasteiger charge is -2.09. The molecule has 2 amide bonds. The summed E-state index contributed by atoms with van der Waals surface area (Å²) < 4.78 is 0. The van der Waals surface area contributed by atoms with E-state index in [-0.39, 0.29) is 24.8 Å². The van der Waals surface area contributed by atoms with Gasteiger partial charge in [-0.3, -0.25) is 14.9 Å². The molecule has 0 spiro atoms. The van der Waals surface area contributed by atoms with Crippen molar-refractivity contribution in [3.63, 3.8) is 0 Å². The highest BCUT2D eigenvalue weighted by Gasteiger charge is 2.20. The molecule has 1 aliphatic rings. The Morgan fingerprint density at radius 1 is 1.00 bits per heavy atom. The fourth-order valence-corrected chi connectivity index (χ4v) is 0.919. The number of halogens is 2. The fourth-order valence-electron chi connectivity index (χ4n) is 0.919. The standard InChI is InChI=1S/C7H4N2O2.2ClH/c10-6-4-2-1-3-5(8-4)7(11)9-6;;/h1-3H,(H,9,10,11);2*1H. The molecule has 2 rings (SSSR count). The second-order valence-corrected chi connectivity index (χ2v) is 2.19. The largest absolute Gasteiger partial charge is 0.285 e. The van der Waals surface area contributed by atoms with Gasteiger partial charge < -0.3 is 0 Å². The average molecular weight is 221 g/mol. The van der Waals surface area contributed by atoms with Gasteiger partial charge in [0.15, 0.2) is 0 Å². The monoisotopic (exact) mass is 220 g/mol. The van der Waals surface area contributed by atoms with Gasteiger partial charge in [-0.1, -0.05) is 6.07 Å². The highest BCUT2D eigenvalue weighted by Crippen LogP contribution is 2.04. The Hall–Kier alpha value is -1.13. The van der Waals surface area contributed by atoms with Crippen LogP contribution < -0.4 is 5.32 Å². The van der Waals surface area contributed by atoms with Crippen LogP contribution in [0.15, 0.2) is 18.2 Å². The van der Waals surface area contributed by atoms with E-state index in [4.69, 9.17) is 0 Å². The van der Waals surface area contributed by atoms with Crippen LogP contribution in [0.1, 0.15) is 21.0 Å². The number of nitrogens with zero attached hydrogens (tertiary/aromatic N) is 1. The van der Waals surface area contributed by atoms with Crippen LogP contribution in [0.5, 0.6) is 0 Å².